The standard InChI is InChI=1S/C15H13FO3/c1-2-18-13-4-3-5-14(9-13)19-15-7-11(10-17)6-12(16)8-15/h3-10H,2H2,1H3. The highest BCUT2D eigenvalue weighted by Crippen LogP contribution is 2.26. The Bertz CT molecular complexity index is 581. The highest BCUT2D eigenvalue weighted by Gasteiger charge is 2.04. The highest BCUT2D eigenvalue weighted by atomic mass is 19.1. The monoisotopic (exact) mass is 260 g/mol. The van der Waals surface area contributed by atoms with Crippen LogP contribution < -0.4 is 9.47 Å². The zero-order valence-electron chi connectivity index (χ0n) is 10.4. The molecule has 98 valence electrons. The Balaban J connectivity index is 2.22. The van der Waals surface area contributed by atoms with Crippen LogP contribution in [-0.4, -0.2) is 12.9 Å². The predicted molar refractivity (Wildman–Crippen MR) is 69.5 cm³/mol. The molecule has 0 aliphatic carbocycles. The van der Waals surface area contributed by atoms with E-state index in [1.54, 1.807) is 24.3 Å². The smallest absolute Gasteiger partial charge is 0.150 e. The quantitative estimate of drug-likeness (QED) is 0.766. The fraction of sp³-hybridized carbons (Fsp3) is 0.133. The summed E-state index contributed by atoms with van der Waals surface area (Å²) >= 11 is 0. The van der Waals surface area contributed by atoms with Gasteiger partial charge in [0.1, 0.15) is 29.4 Å². The lowest BCUT2D eigenvalue weighted by Crippen LogP contribution is -1.92. The minimum atomic E-state index is -0.513. The minimum absolute atomic E-state index is 0.232. The summed E-state index contributed by atoms with van der Waals surface area (Å²) in [6, 6.07) is 10.9. The number of ether oxygens (including phenoxy) is 2. The van der Waals surface area contributed by atoms with Crippen LogP contribution in [0.4, 0.5) is 4.39 Å². The van der Waals surface area contributed by atoms with Crippen LogP contribution in [0.25, 0.3) is 0 Å². The Morgan fingerprint density at radius 3 is 2.63 bits per heavy atom. The molecule has 0 spiro atoms. The van der Waals surface area contributed by atoms with E-state index in [0.29, 0.717) is 24.4 Å². The fourth-order valence-corrected chi connectivity index (χ4v) is 1.64. The lowest BCUT2D eigenvalue weighted by atomic mass is 10.2. The molecule has 19 heavy (non-hydrogen) atoms. The summed E-state index contributed by atoms with van der Waals surface area (Å²) < 4.78 is 24.1. The molecule has 0 aliphatic heterocycles. The third-order valence-electron chi connectivity index (χ3n) is 2.38. The van der Waals surface area contributed by atoms with Crippen molar-refractivity contribution in [3.8, 4) is 17.2 Å². The molecule has 0 fully saturated rings. The van der Waals surface area contributed by atoms with Crippen molar-refractivity contribution in [3.05, 3.63) is 53.8 Å². The van der Waals surface area contributed by atoms with E-state index in [1.165, 1.54) is 12.1 Å². The third kappa shape index (κ3) is 3.55. The Morgan fingerprint density at radius 2 is 1.89 bits per heavy atom. The Hall–Kier alpha value is -2.36. The average molecular weight is 260 g/mol. The number of aldehydes is 1. The van der Waals surface area contributed by atoms with Crippen LogP contribution in [0.5, 0.6) is 17.2 Å². The van der Waals surface area contributed by atoms with Gasteiger partial charge in [-0.1, -0.05) is 6.07 Å². The number of hydrogen-bond acceptors (Lipinski definition) is 3. The maximum Gasteiger partial charge on any atom is 0.150 e. The second kappa shape index (κ2) is 6.00. The summed E-state index contributed by atoms with van der Waals surface area (Å²) in [7, 11) is 0. The number of carbonyl (C=O) groups excluding carboxylic acids is 1. The molecule has 0 amide bonds. The van der Waals surface area contributed by atoms with E-state index in [2.05, 4.69) is 0 Å². The van der Waals surface area contributed by atoms with Crippen molar-refractivity contribution in [3.63, 3.8) is 0 Å². The molecule has 2 rings (SSSR count). The Labute approximate surface area is 110 Å². The molecule has 2 aromatic carbocycles. The van der Waals surface area contributed by atoms with Crippen molar-refractivity contribution in [2.24, 2.45) is 0 Å². The van der Waals surface area contributed by atoms with Gasteiger partial charge in [-0.2, -0.15) is 0 Å². The van der Waals surface area contributed by atoms with Crippen LogP contribution in [0.1, 0.15) is 17.3 Å². The molecule has 0 atom stereocenters. The molecule has 2 aromatic rings. The van der Waals surface area contributed by atoms with Gasteiger partial charge in [-0.15, -0.1) is 0 Å². The summed E-state index contributed by atoms with van der Waals surface area (Å²) in [5.41, 5.74) is 0.232. The fourth-order valence-electron chi connectivity index (χ4n) is 1.64. The number of rotatable bonds is 5. The van der Waals surface area contributed by atoms with E-state index in [-0.39, 0.29) is 11.3 Å². The largest absolute Gasteiger partial charge is 0.494 e. The third-order valence-corrected chi connectivity index (χ3v) is 2.38. The van der Waals surface area contributed by atoms with E-state index in [0.717, 1.165) is 6.07 Å². The van der Waals surface area contributed by atoms with Crippen LogP contribution >= 0.6 is 0 Å². The number of carbonyl (C=O) groups is 1. The normalized spacial score (nSPS) is 10.0. The topological polar surface area (TPSA) is 35.5 Å². The Morgan fingerprint density at radius 1 is 1.11 bits per heavy atom. The van der Waals surface area contributed by atoms with Crippen LogP contribution in [0.2, 0.25) is 0 Å². The van der Waals surface area contributed by atoms with Crippen LogP contribution in [0.3, 0.4) is 0 Å². The molecule has 0 aliphatic rings. The van der Waals surface area contributed by atoms with E-state index in [9.17, 15) is 9.18 Å². The van der Waals surface area contributed by atoms with Gasteiger partial charge in [0.15, 0.2) is 0 Å². The van der Waals surface area contributed by atoms with Gasteiger partial charge in [0, 0.05) is 17.7 Å². The van der Waals surface area contributed by atoms with Crippen molar-refractivity contribution < 1.29 is 18.7 Å². The van der Waals surface area contributed by atoms with Crippen molar-refractivity contribution in [2.45, 2.75) is 6.92 Å². The maximum atomic E-state index is 13.3. The molecular weight excluding hydrogens is 247 g/mol. The average Bonchev–Trinajstić information content (AvgIpc) is 2.39. The molecule has 0 unspecified atom stereocenters. The first-order valence-electron chi connectivity index (χ1n) is 5.87. The molecule has 0 radical (unpaired) electrons. The minimum Gasteiger partial charge on any atom is -0.494 e. The van der Waals surface area contributed by atoms with Gasteiger partial charge in [-0.05, 0) is 31.2 Å². The van der Waals surface area contributed by atoms with Gasteiger partial charge in [0.05, 0.1) is 6.61 Å². The summed E-state index contributed by atoms with van der Waals surface area (Å²) in [4.78, 5) is 10.7. The second-order valence-electron chi connectivity index (χ2n) is 3.85. The van der Waals surface area contributed by atoms with Gasteiger partial charge < -0.3 is 9.47 Å². The number of benzene rings is 2. The molecule has 3 nitrogen and oxygen atoms in total. The number of hydrogen-bond donors (Lipinski definition) is 0. The summed E-state index contributed by atoms with van der Waals surface area (Å²) in [6.45, 7) is 2.44. The van der Waals surface area contributed by atoms with Crippen molar-refractivity contribution >= 4 is 6.29 Å². The van der Waals surface area contributed by atoms with Crippen molar-refractivity contribution in [2.75, 3.05) is 6.61 Å². The number of halogens is 1. The SMILES string of the molecule is CCOc1cccc(Oc2cc(F)cc(C=O)c2)c1. The van der Waals surface area contributed by atoms with Gasteiger partial charge in [0.2, 0.25) is 0 Å². The lowest BCUT2D eigenvalue weighted by Gasteiger charge is -2.08. The highest BCUT2D eigenvalue weighted by molar-refractivity contribution is 5.75. The second-order valence-corrected chi connectivity index (χ2v) is 3.85. The molecule has 4 heteroatoms. The first-order valence-corrected chi connectivity index (χ1v) is 5.87. The first-order chi connectivity index (χ1) is 9.21. The van der Waals surface area contributed by atoms with Crippen LogP contribution in [0.15, 0.2) is 42.5 Å². The molecular formula is C15H13FO3. The van der Waals surface area contributed by atoms with E-state index in [4.69, 9.17) is 9.47 Å². The molecule has 0 aromatic heterocycles. The summed E-state index contributed by atoms with van der Waals surface area (Å²) in [5, 5.41) is 0. The van der Waals surface area contributed by atoms with E-state index in [1.807, 2.05) is 6.92 Å². The van der Waals surface area contributed by atoms with E-state index >= 15 is 0 Å². The van der Waals surface area contributed by atoms with Gasteiger partial charge in [0.25, 0.3) is 0 Å². The van der Waals surface area contributed by atoms with Crippen LogP contribution in [0, 0.1) is 5.82 Å². The van der Waals surface area contributed by atoms with E-state index < -0.39 is 5.82 Å². The zero-order valence-corrected chi connectivity index (χ0v) is 10.4. The maximum absolute atomic E-state index is 13.3. The van der Waals surface area contributed by atoms with Gasteiger partial charge in [-0.3, -0.25) is 4.79 Å². The Kier molecular flexibility index (Phi) is 4.13. The summed E-state index contributed by atoms with van der Waals surface area (Å²) in [5.74, 6) is 0.955. The summed E-state index contributed by atoms with van der Waals surface area (Å²) in [6.07, 6.45) is 0.576. The molecule has 0 bridgehead atoms. The molecule has 0 N–H and O–H groups in total. The molecule has 0 heterocycles. The van der Waals surface area contributed by atoms with Gasteiger partial charge in [-0.25, -0.2) is 4.39 Å². The first kappa shape index (κ1) is 13.1. The van der Waals surface area contributed by atoms with Crippen molar-refractivity contribution in [1.29, 1.82) is 0 Å². The van der Waals surface area contributed by atoms with Crippen molar-refractivity contribution in [1.82, 2.24) is 0 Å². The van der Waals surface area contributed by atoms with Gasteiger partial charge >= 0.3 is 0 Å². The molecule has 0 saturated carbocycles. The predicted octanol–water partition coefficient (Wildman–Crippen LogP) is 3.83. The zero-order chi connectivity index (χ0) is 13.7. The molecule has 0 saturated heterocycles. The van der Waals surface area contributed by atoms with Crippen LogP contribution in [-0.2, 0) is 0 Å². The lowest BCUT2D eigenvalue weighted by molar-refractivity contribution is 0.112.